The van der Waals surface area contributed by atoms with Crippen LogP contribution in [-0.2, 0) is 68.2 Å². The SMILES string of the molecule is CC(C)(c1ccc(-c2ccc(B3OC(C)(C)C(C)(C)O3)cc2)cc1)c1ccc(C(C)(c2ccc(-c3ccc(B4OC(C)(C)C(C)(C)O4)cc3)cc2)c2ccc(-c3ccc(B4OC(C)(C)C(C)(C)O4)cc3)cc2)cc1.CC(C)(c1ccc(-c2ccc(Br)cc2)cc1)c1ccc(C(C)(c2ccc(-c3ccc(Br)cc3)cc2)c2ccc(-c3ccc(Br)cc3)cc2)cc1.CC1(C)OB(B2OC(C)(C)C(C)(C)O2)OC1(C)C. The Morgan fingerprint density at radius 3 is 0.423 bits per heavy atom. The molecule has 14 aromatic carbocycles. The summed E-state index contributed by atoms with van der Waals surface area (Å²) < 4.78 is 65.2. The number of hydrogen-bond donors (Lipinski definition) is 0. The van der Waals surface area contributed by atoms with Gasteiger partial charge < -0.3 is 46.5 Å². The van der Waals surface area contributed by atoms with Gasteiger partial charge in [0.25, 0.3) is 0 Å². The summed E-state index contributed by atoms with van der Waals surface area (Å²) in [4.78, 5) is 0. The highest BCUT2D eigenvalue weighted by Crippen LogP contribution is 2.49. The standard InChI is InChI=1S/C65H73B3O6.C47H37Br3.C12H24B2O4/c1-58(2,50-28-16-44(17-29-50)47-22-38-55(39-23-47)66-69-59(3,4)60(5,6)70-66)51-34-36-54(37-35-51)65(15,52-30-18-45(19-31-52)48-24-40-56(41-25-48)67-71-61(7,8)62(9,10)72-67)53-32-20-46(21-33-53)49-26-42-57(43-27-49)68-73-63(11,12)64(13,14)74-68;1-46(2,38-16-4-32(5-17-38)35-10-26-43(48)27-11-35)39-22-24-42(25-23-39)47(3,40-18-6-33(7-19-40)36-12-28-44(49)29-13-36)41-20-8-34(9-21-41)37-14-30-45(50)31-15-37;1-9(2)10(3,4)16-13(15-9)14-17-11(5,6)12(7,8)18-14/h16-43H,1-15H3;4-31H,1-3H3;1-8H3. The maximum atomic E-state index is 6.36. The van der Waals surface area contributed by atoms with Crippen LogP contribution in [0.3, 0.4) is 0 Å². The topological polar surface area (TPSA) is 92.3 Å². The van der Waals surface area contributed by atoms with E-state index in [9.17, 15) is 0 Å². The minimum absolute atomic E-state index is 0.161. The fourth-order valence-corrected chi connectivity index (χ4v) is 20.1. The Morgan fingerprint density at radius 2 is 0.268 bits per heavy atom. The molecule has 18 heteroatoms. The van der Waals surface area contributed by atoms with Crippen molar-refractivity contribution >= 4 is 99.6 Å². The molecule has 0 spiro atoms. The van der Waals surface area contributed by atoms with Gasteiger partial charge in [-0.15, -0.1) is 0 Å². The van der Waals surface area contributed by atoms with Crippen LogP contribution in [0.2, 0.25) is 0 Å². The Hall–Kier alpha value is -9.56. The molecule has 0 saturated carbocycles. The molecule has 0 amide bonds. The number of halogens is 3. The summed E-state index contributed by atoms with van der Waals surface area (Å²) in [5.74, 6) is 0. The zero-order chi connectivity index (χ0) is 102. The largest absolute Gasteiger partial charge is 0.494 e. The molecule has 0 bridgehead atoms. The van der Waals surface area contributed by atoms with E-state index in [1.54, 1.807) is 0 Å². The average molecular weight is 2080 g/mol. The maximum absolute atomic E-state index is 6.36. The van der Waals surface area contributed by atoms with Crippen molar-refractivity contribution in [2.24, 2.45) is 0 Å². The number of hydrogen-bond acceptors (Lipinski definition) is 10. The summed E-state index contributed by atoms with van der Waals surface area (Å²) in [6, 6.07) is 124. The Labute approximate surface area is 872 Å². The third kappa shape index (κ3) is 20.6. The molecule has 5 aliphatic rings. The summed E-state index contributed by atoms with van der Waals surface area (Å²) in [5.41, 5.74) is 24.7. The van der Waals surface area contributed by atoms with Crippen LogP contribution in [0.15, 0.2) is 353 Å². The number of rotatable bonds is 20. The van der Waals surface area contributed by atoms with Crippen molar-refractivity contribution in [3.63, 3.8) is 0 Å². The highest BCUT2D eigenvalue weighted by atomic mass is 79.9. The monoisotopic (exact) mass is 2070 g/mol. The lowest BCUT2D eigenvalue weighted by atomic mass is 9.49. The molecule has 0 radical (unpaired) electrons. The number of benzene rings is 14. The first-order valence-electron chi connectivity index (χ1n) is 49.9. The van der Waals surface area contributed by atoms with Crippen LogP contribution in [0.5, 0.6) is 0 Å². The van der Waals surface area contributed by atoms with Gasteiger partial charge in [-0.05, 0) is 328 Å². The van der Waals surface area contributed by atoms with Crippen LogP contribution in [0.25, 0.3) is 66.8 Å². The summed E-state index contributed by atoms with van der Waals surface area (Å²) in [7, 11) is -2.13. The van der Waals surface area contributed by atoms with Gasteiger partial charge in [-0.25, -0.2) is 0 Å². The molecule has 0 atom stereocenters. The molecule has 0 aromatic heterocycles. The fourth-order valence-electron chi connectivity index (χ4n) is 19.3. The average Bonchev–Trinajstić information content (AvgIpc) is 1.29. The molecule has 5 aliphatic heterocycles. The van der Waals surface area contributed by atoms with Gasteiger partial charge in [-0.3, -0.25) is 0 Å². The van der Waals surface area contributed by atoms with Crippen molar-refractivity contribution in [2.75, 3.05) is 0 Å². The first-order valence-corrected chi connectivity index (χ1v) is 52.3. The Bertz CT molecular complexity index is 6450. The van der Waals surface area contributed by atoms with E-state index in [-0.39, 0.29) is 57.0 Å². The van der Waals surface area contributed by atoms with Crippen LogP contribution < -0.4 is 16.4 Å². The maximum Gasteiger partial charge on any atom is 0.494 e. The fraction of sp³-hybridized carbons (Fsp3) is 0.323. The lowest BCUT2D eigenvalue weighted by Gasteiger charge is -2.33. The van der Waals surface area contributed by atoms with Gasteiger partial charge in [0.05, 0.1) is 56.0 Å². The lowest BCUT2D eigenvalue weighted by Crippen LogP contribution is -2.41. The molecule has 0 unspecified atom stereocenters. The normalized spacial score (nSPS) is 18.4. The highest BCUT2D eigenvalue weighted by molar-refractivity contribution is 9.11. The van der Waals surface area contributed by atoms with E-state index in [2.05, 4.69) is 512 Å². The van der Waals surface area contributed by atoms with Crippen molar-refractivity contribution in [2.45, 2.75) is 258 Å². The molecule has 14 aromatic rings. The van der Waals surface area contributed by atoms with Crippen molar-refractivity contribution in [3.8, 4) is 66.8 Å². The molecule has 10 nitrogen and oxygen atoms in total. The predicted molar refractivity (Wildman–Crippen MR) is 602 cm³/mol. The van der Waals surface area contributed by atoms with Gasteiger partial charge in [-0.1, -0.05) is 379 Å². The smallest absolute Gasteiger partial charge is 0.405 e. The van der Waals surface area contributed by atoms with Crippen LogP contribution in [0, 0.1) is 0 Å². The van der Waals surface area contributed by atoms with Gasteiger partial charge in [0.2, 0.25) is 0 Å². The zero-order valence-electron chi connectivity index (χ0n) is 87.4. The van der Waals surface area contributed by atoms with Crippen molar-refractivity contribution in [3.05, 3.63) is 409 Å². The molecule has 5 fully saturated rings. The lowest BCUT2D eigenvalue weighted by molar-refractivity contribution is 0.00578. The van der Waals surface area contributed by atoms with Crippen molar-refractivity contribution in [1.82, 2.24) is 0 Å². The molecule has 726 valence electrons. The van der Waals surface area contributed by atoms with E-state index < -0.39 is 56.1 Å². The van der Waals surface area contributed by atoms with E-state index in [1.807, 2.05) is 55.4 Å². The molecule has 19 rings (SSSR count). The third-order valence-corrected chi connectivity index (χ3v) is 34.6. The van der Waals surface area contributed by atoms with Gasteiger partial charge in [0, 0.05) is 35.1 Å². The third-order valence-electron chi connectivity index (χ3n) is 33.0. The zero-order valence-corrected chi connectivity index (χ0v) is 92.2. The van der Waals surface area contributed by atoms with E-state index in [0.29, 0.717) is 0 Å². The van der Waals surface area contributed by atoms with Gasteiger partial charge in [-0.2, -0.15) is 0 Å². The Morgan fingerprint density at radius 1 is 0.155 bits per heavy atom. The molecule has 0 aliphatic carbocycles. The van der Waals surface area contributed by atoms with Crippen molar-refractivity contribution in [1.29, 1.82) is 0 Å². The summed E-state index contributed by atoms with van der Waals surface area (Å²) in [6.45, 7) is 55.3. The quantitative estimate of drug-likeness (QED) is 0.0543. The van der Waals surface area contributed by atoms with Gasteiger partial charge in [0.1, 0.15) is 0 Å². The molecule has 142 heavy (non-hydrogen) atoms. The van der Waals surface area contributed by atoms with Crippen LogP contribution >= 0.6 is 47.8 Å². The summed E-state index contributed by atoms with van der Waals surface area (Å²) >= 11 is 10.7. The van der Waals surface area contributed by atoms with E-state index in [1.165, 1.54) is 94.6 Å². The van der Waals surface area contributed by atoms with Crippen molar-refractivity contribution < 1.29 is 46.5 Å². The summed E-state index contributed by atoms with van der Waals surface area (Å²) in [5, 5.41) is 0. The van der Waals surface area contributed by atoms with E-state index in [0.717, 1.165) is 57.6 Å². The molecule has 0 N–H and O–H groups in total. The van der Waals surface area contributed by atoms with Crippen LogP contribution in [-0.4, -0.2) is 91.4 Å². The van der Waals surface area contributed by atoms with Crippen LogP contribution in [0.4, 0.5) is 0 Å². The predicted octanol–water partition coefficient (Wildman–Crippen LogP) is 30.2. The summed E-state index contributed by atoms with van der Waals surface area (Å²) in [6.07, 6.45) is 0. The second-order valence-electron chi connectivity index (χ2n) is 45.5. The molecular weight excluding hydrogens is 1940 g/mol. The van der Waals surface area contributed by atoms with Gasteiger partial charge >= 0.3 is 35.4 Å². The minimum Gasteiger partial charge on any atom is -0.405 e. The van der Waals surface area contributed by atoms with E-state index in [4.69, 9.17) is 46.5 Å². The van der Waals surface area contributed by atoms with Gasteiger partial charge in [0.15, 0.2) is 0 Å². The highest BCUT2D eigenvalue weighted by Gasteiger charge is 2.64. The molecule has 5 heterocycles. The Balaban J connectivity index is 0.000000174. The Kier molecular flexibility index (Phi) is 28.5. The molecular formula is C124H134B5Br3O10. The second-order valence-corrected chi connectivity index (χ2v) is 48.3. The second kappa shape index (κ2) is 39.0. The first kappa shape index (κ1) is 104. The van der Waals surface area contributed by atoms with Crippen LogP contribution in [0.1, 0.15) is 236 Å². The molecule has 5 saturated heterocycles. The minimum atomic E-state index is -0.476. The first-order chi connectivity index (χ1) is 66.7. The van der Waals surface area contributed by atoms with E-state index >= 15 is 0 Å².